The highest BCUT2D eigenvalue weighted by molar-refractivity contribution is 5.98. The first kappa shape index (κ1) is 20.7. The topological polar surface area (TPSA) is 110 Å². The molecule has 1 heterocycles. The minimum absolute atomic E-state index is 0.219. The van der Waals surface area contributed by atoms with Gasteiger partial charge in [-0.25, -0.2) is 0 Å². The lowest BCUT2D eigenvalue weighted by atomic mass is 10.1. The van der Waals surface area contributed by atoms with Crippen LogP contribution in [-0.4, -0.2) is 23.4 Å². The van der Waals surface area contributed by atoms with Gasteiger partial charge < -0.3 is 14.5 Å². The van der Waals surface area contributed by atoms with E-state index < -0.39 is 11.8 Å². The maximum Gasteiger partial charge on any atom is 0.271 e. The van der Waals surface area contributed by atoms with Crippen LogP contribution < -0.4 is 25.9 Å². The minimum atomic E-state index is -0.542. The van der Waals surface area contributed by atoms with Crippen LogP contribution in [0.25, 0.3) is 0 Å². The fourth-order valence-corrected chi connectivity index (χ4v) is 2.53. The van der Waals surface area contributed by atoms with Gasteiger partial charge in [-0.3, -0.25) is 25.2 Å². The van der Waals surface area contributed by atoms with Crippen molar-refractivity contribution in [2.24, 2.45) is 0 Å². The molecule has 0 unspecified atom stereocenters. The summed E-state index contributed by atoms with van der Waals surface area (Å²) in [6.45, 7) is 2.88. The largest absolute Gasteiger partial charge is 0.494 e. The first-order chi connectivity index (χ1) is 14.5. The SMILES string of the molecule is CCOc1ccc(OCc2ccc(C(=O)NNC(=O)c3ccc(=O)[nH]c3)cc2)cc1. The molecule has 8 heteroatoms. The highest BCUT2D eigenvalue weighted by Gasteiger charge is 2.09. The first-order valence-electron chi connectivity index (χ1n) is 9.29. The molecule has 0 spiro atoms. The Labute approximate surface area is 172 Å². The number of aromatic nitrogens is 1. The third kappa shape index (κ3) is 5.71. The molecule has 3 rings (SSSR count). The number of rotatable bonds is 7. The van der Waals surface area contributed by atoms with E-state index >= 15 is 0 Å². The Kier molecular flexibility index (Phi) is 6.83. The van der Waals surface area contributed by atoms with Crippen LogP contribution in [0.5, 0.6) is 11.5 Å². The summed E-state index contributed by atoms with van der Waals surface area (Å²) in [5.74, 6) is 0.491. The molecule has 3 aromatic rings. The van der Waals surface area contributed by atoms with E-state index in [1.165, 1.54) is 18.3 Å². The summed E-state index contributed by atoms with van der Waals surface area (Å²) in [4.78, 5) is 37.5. The van der Waals surface area contributed by atoms with Crippen LogP contribution >= 0.6 is 0 Å². The van der Waals surface area contributed by atoms with Crippen molar-refractivity contribution in [2.75, 3.05) is 6.61 Å². The molecule has 2 aromatic carbocycles. The Hall–Kier alpha value is -4.07. The fraction of sp³-hybridized carbons (Fsp3) is 0.136. The number of ether oxygens (including phenoxy) is 2. The molecular weight excluding hydrogens is 386 g/mol. The molecule has 0 radical (unpaired) electrons. The van der Waals surface area contributed by atoms with Crippen LogP contribution in [-0.2, 0) is 6.61 Å². The molecule has 0 aliphatic heterocycles. The lowest BCUT2D eigenvalue weighted by molar-refractivity contribution is 0.0846. The molecule has 0 bridgehead atoms. The molecule has 0 atom stereocenters. The summed E-state index contributed by atoms with van der Waals surface area (Å²) in [7, 11) is 0. The number of amides is 2. The van der Waals surface area contributed by atoms with Crippen LogP contribution in [0.2, 0.25) is 0 Å². The second kappa shape index (κ2) is 9.92. The number of aromatic amines is 1. The number of pyridine rings is 1. The highest BCUT2D eigenvalue weighted by Crippen LogP contribution is 2.18. The fourth-order valence-electron chi connectivity index (χ4n) is 2.53. The monoisotopic (exact) mass is 407 g/mol. The first-order valence-corrected chi connectivity index (χ1v) is 9.29. The van der Waals surface area contributed by atoms with Crippen LogP contribution in [0, 0.1) is 0 Å². The van der Waals surface area contributed by atoms with Gasteiger partial charge in [-0.2, -0.15) is 0 Å². The molecule has 0 aliphatic rings. The van der Waals surface area contributed by atoms with E-state index in [1.54, 1.807) is 24.3 Å². The van der Waals surface area contributed by atoms with Crippen LogP contribution in [0.1, 0.15) is 33.2 Å². The Morgan fingerprint density at radius 2 is 1.37 bits per heavy atom. The predicted molar refractivity (Wildman–Crippen MR) is 110 cm³/mol. The molecule has 3 N–H and O–H groups in total. The van der Waals surface area contributed by atoms with E-state index in [0.29, 0.717) is 24.5 Å². The van der Waals surface area contributed by atoms with E-state index in [0.717, 1.165) is 11.3 Å². The van der Waals surface area contributed by atoms with Crippen molar-refractivity contribution < 1.29 is 19.1 Å². The third-order valence-corrected chi connectivity index (χ3v) is 4.09. The lowest BCUT2D eigenvalue weighted by Gasteiger charge is -2.09. The van der Waals surface area contributed by atoms with Gasteiger partial charge >= 0.3 is 0 Å². The van der Waals surface area contributed by atoms with E-state index in [2.05, 4.69) is 15.8 Å². The van der Waals surface area contributed by atoms with Crippen molar-refractivity contribution >= 4 is 11.8 Å². The van der Waals surface area contributed by atoms with Crippen molar-refractivity contribution in [1.29, 1.82) is 0 Å². The molecule has 0 fully saturated rings. The van der Waals surface area contributed by atoms with Crippen molar-refractivity contribution in [3.05, 3.63) is 93.9 Å². The van der Waals surface area contributed by atoms with Gasteiger partial charge in [-0.15, -0.1) is 0 Å². The Morgan fingerprint density at radius 1 is 0.800 bits per heavy atom. The molecule has 1 aromatic heterocycles. The van der Waals surface area contributed by atoms with Gasteiger partial charge in [0.2, 0.25) is 5.56 Å². The number of hydrazine groups is 1. The van der Waals surface area contributed by atoms with Crippen LogP contribution in [0.15, 0.2) is 71.7 Å². The maximum atomic E-state index is 12.2. The Morgan fingerprint density at radius 3 is 1.93 bits per heavy atom. The second-order valence-corrected chi connectivity index (χ2v) is 6.24. The summed E-state index contributed by atoms with van der Waals surface area (Å²) in [6.07, 6.45) is 1.27. The van der Waals surface area contributed by atoms with Gasteiger partial charge in [0.1, 0.15) is 18.1 Å². The molecule has 8 nitrogen and oxygen atoms in total. The minimum Gasteiger partial charge on any atom is -0.494 e. The number of hydrogen-bond donors (Lipinski definition) is 3. The van der Waals surface area contributed by atoms with Gasteiger partial charge in [-0.1, -0.05) is 12.1 Å². The summed E-state index contributed by atoms with van der Waals surface area (Å²) in [5, 5.41) is 0. The summed E-state index contributed by atoms with van der Waals surface area (Å²) >= 11 is 0. The van der Waals surface area contributed by atoms with E-state index in [-0.39, 0.29) is 11.1 Å². The quantitative estimate of drug-likeness (QED) is 0.521. The number of carbonyl (C=O) groups excluding carboxylic acids is 2. The van der Waals surface area contributed by atoms with E-state index in [1.807, 2.05) is 31.2 Å². The van der Waals surface area contributed by atoms with Crippen molar-refractivity contribution in [3.8, 4) is 11.5 Å². The van der Waals surface area contributed by atoms with Crippen molar-refractivity contribution in [1.82, 2.24) is 15.8 Å². The average Bonchev–Trinajstić information content (AvgIpc) is 2.78. The molecule has 0 aliphatic carbocycles. The van der Waals surface area contributed by atoms with Crippen LogP contribution in [0.4, 0.5) is 0 Å². The number of hydrogen-bond acceptors (Lipinski definition) is 5. The number of nitrogens with one attached hydrogen (secondary N) is 3. The van der Waals surface area contributed by atoms with Gasteiger partial charge in [-0.05, 0) is 55.0 Å². The zero-order chi connectivity index (χ0) is 21.3. The molecule has 2 amide bonds. The predicted octanol–water partition coefficient (Wildman–Crippen LogP) is 2.43. The van der Waals surface area contributed by atoms with E-state index in [9.17, 15) is 14.4 Å². The normalized spacial score (nSPS) is 10.2. The number of carbonyl (C=O) groups is 2. The third-order valence-electron chi connectivity index (χ3n) is 4.09. The molecule has 0 saturated heterocycles. The van der Waals surface area contributed by atoms with Gasteiger partial charge in [0.05, 0.1) is 12.2 Å². The van der Waals surface area contributed by atoms with Gasteiger partial charge in [0.25, 0.3) is 11.8 Å². The maximum absolute atomic E-state index is 12.2. The molecule has 30 heavy (non-hydrogen) atoms. The second-order valence-electron chi connectivity index (χ2n) is 6.24. The molecule has 154 valence electrons. The van der Waals surface area contributed by atoms with Crippen molar-refractivity contribution in [3.63, 3.8) is 0 Å². The number of benzene rings is 2. The summed E-state index contributed by atoms with van der Waals surface area (Å²) in [5.41, 5.74) is 5.79. The smallest absolute Gasteiger partial charge is 0.271 e. The Balaban J connectivity index is 1.49. The molecule has 0 saturated carbocycles. The van der Waals surface area contributed by atoms with Crippen LogP contribution in [0.3, 0.4) is 0 Å². The van der Waals surface area contributed by atoms with Crippen molar-refractivity contribution in [2.45, 2.75) is 13.5 Å². The molecular formula is C22H21N3O5. The summed E-state index contributed by atoms with van der Waals surface area (Å²) < 4.78 is 11.1. The highest BCUT2D eigenvalue weighted by atomic mass is 16.5. The van der Waals surface area contributed by atoms with Gasteiger partial charge in [0.15, 0.2) is 0 Å². The standard InChI is InChI=1S/C22H21N3O5/c1-2-29-18-8-10-19(11-9-18)30-14-15-3-5-16(6-4-15)21(27)24-25-22(28)17-7-12-20(26)23-13-17/h3-13H,2,14H2,1H3,(H,23,26)(H,24,27)(H,25,28). The number of H-pyrrole nitrogens is 1. The Bertz CT molecular complexity index is 1040. The van der Waals surface area contributed by atoms with E-state index in [4.69, 9.17) is 9.47 Å². The lowest BCUT2D eigenvalue weighted by Crippen LogP contribution is -2.41. The zero-order valence-electron chi connectivity index (χ0n) is 16.3. The zero-order valence-corrected chi connectivity index (χ0v) is 16.3. The average molecular weight is 407 g/mol. The van der Waals surface area contributed by atoms with Gasteiger partial charge in [0, 0.05) is 17.8 Å². The summed E-state index contributed by atoms with van der Waals surface area (Å²) in [6, 6.07) is 16.7.